The van der Waals surface area contributed by atoms with Crippen LogP contribution in [-0.4, -0.2) is 20.2 Å². The molecule has 0 saturated carbocycles. The van der Waals surface area contributed by atoms with Gasteiger partial charge >= 0.3 is 24.2 Å². The van der Waals surface area contributed by atoms with E-state index in [0.29, 0.717) is 0 Å². The summed E-state index contributed by atoms with van der Waals surface area (Å²) in [6, 6.07) is -0.535. The van der Waals surface area contributed by atoms with E-state index in [2.05, 4.69) is 5.73 Å². The molecule has 0 aliphatic rings. The van der Waals surface area contributed by atoms with Crippen LogP contribution in [0.25, 0.3) is 0 Å². The maximum atomic E-state index is 12.6. The lowest BCUT2D eigenvalue weighted by Crippen LogP contribution is -2.39. The number of amides is 2. The molecule has 128 valence electrons. The van der Waals surface area contributed by atoms with Crippen LogP contribution in [0.4, 0.5) is 26.3 Å². The monoisotopic (exact) mass is 364 g/mol. The summed E-state index contributed by atoms with van der Waals surface area (Å²) < 4.78 is 99.8. The van der Waals surface area contributed by atoms with Crippen LogP contribution in [0.1, 0.15) is 11.1 Å². The number of primary amides is 1. The molecule has 2 amide bonds. The second kappa shape index (κ2) is 5.72. The summed E-state index contributed by atoms with van der Waals surface area (Å²) >= 11 is 0. The highest BCUT2D eigenvalue weighted by Gasteiger charge is 2.38. The Morgan fingerprint density at radius 3 is 1.61 bits per heavy atom. The van der Waals surface area contributed by atoms with Crippen molar-refractivity contribution in [2.45, 2.75) is 17.2 Å². The number of carbonyl (C=O) groups is 2. The molecule has 0 radical (unpaired) electrons. The van der Waals surface area contributed by atoms with Crippen LogP contribution in [0.5, 0.6) is 0 Å². The van der Waals surface area contributed by atoms with Crippen molar-refractivity contribution in [2.24, 2.45) is 5.73 Å². The Hall–Kier alpha value is -2.31. The summed E-state index contributed by atoms with van der Waals surface area (Å²) in [5.41, 5.74) is 0.637. The Bertz CT molecular complexity index is 721. The summed E-state index contributed by atoms with van der Waals surface area (Å²) in [5, 5.41) is 0. The molecular formula is C10H6F6N2O4S. The van der Waals surface area contributed by atoms with Crippen molar-refractivity contribution in [2.75, 3.05) is 0 Å². The van der Waals surface area contributed by atoms with E-state index in [1.165, 1.54) is 0 Å². The van der Waals surface area contributed by atoms with Crippen LogP contribution in [0.3, 0.4) is 0 Å². The van der Waals surface area contributed by atoms with Gasteiger partial charge in [-0.1, -0.05) is 0 Å². The maximum Gasteiger partial charge on any atom is 0.416 e. The number of rotatable bonds is 2. The van der Waals surface area contributed by atoms with Crippen LogP contribution in [0.15, 0.2) is 23.1 Å². The lowest BCUT2D eigenvalue weighted by molar-refractivity contribution is -0.143. The third-order valence-corrected chi connectivity index (χ3v) is 3.63. The van der Waals surface area contributed by atoms with Gasteiger partial charge in [0.05, 0.1) is 16.0 Å². The normalized spacial score (nSPS) is 12.8. The molecule has 0 spiro atoms. The molecule has 1 rings (SSSR count). The highest BCUT2D eigenvalue weighted by atomic mass is 32.2. The molecule has 0 heterocycles. The van der Waals surface area contributed by atoms with E-state index in [-0.39, 0.29) is 18.2 Å². The molecular weight excluding hydrogens is 358 g/mol. The minimum atomic E-state index is -5.28. The van der Waals surface area contributed by atoms with Gasteiger partial charge in [0.1, 0.15) is 0 Å². The molecule has 0 aromatic heterocycles. The minimum absolute atomic E-state index is 0.119. The van der Waals surface area contributed by atoms with E-state index in [0.717, 1.165) is 4.72 Å². The molecule has 0 fully saturated rings. The summed E-state index contributed by atoms with van der Waals surface area (Å²) in [7, 11) is -5.17. The molecule has 0 aliphatic heterocycles. The number of nitrogens with one attached hydrogen (secondary N) is 1. The molecule has 23 heavy (non-hydrogen) atoms. The first kappa shape index (κ1) is 18.7. The van der Waals surface area contributed by atoms with Crippen LogP contribution < -0.4 is 10.5 Å². The molecule has 0 bridgehead atoms. The predicted octanol–water partition coefficient (Wildman–Crippen LogP) is 1.01. The summed E-state index contributed by atoms with van der Waals surface area (Å²) in [6.07, 6.45) is -10.6. The number of alkyl halides is 6. The van der Waals surface area contributed by atoms with E-state index in [1.807, 2.05) is 0 Å². The molecule has 3 N–H and O–H groups in total. The fraction of sp³-hybridized carbons (Fsp3) is 0.200. The van der Waals surface area contributed by atoms with Crippen molar-refractivity contribution in [1.29, 1.82) is 0 Å². The van der Waals surface area contributed by atoms with Gasteiger partial charge in [0.15, 0.2) is 0 Å². The van der Waals surface area contributed by atoms with Gasteiger partial charge in [-0.2, -0.15) is 26.3 Å². The van der Waals surface area contributed by atoms with Crippen molar-refractivity contribution in [3.05, 3.63) is 29.3 Å². The Balaban J connectivity index is 3.52. The fourth-order valence-corrected chi connectivity index (χ4v) is 2.34. The number of carbonyl (C=O) groups excluding carboxylic acids is 2. The van der Waals surface area contributed by atoms with Gasteiger partial charge in [0.25, 0.3) is 10.0 Å². The number of hydrogen-bond acceptors (Lipinski definition) is 4. The number of hydrogen-bond donors (Lipinski definition) is 2. The number of sulfonamides is 1. The lowest BCUT2D eigenvalue weighted by atomic mass is 10.1. The Labute approximate surface area is 124 Å². The van der Waals surface area contributed by atoms with Gasteiger partial charge < -0.3 is 5.73 Å². The molecule has 0 atom stereocenters. The van der Waals surface area contributed by atoms with Crippen molar-refractivity contribution >= 4 is 21.8 Å². The third-order valence-electron chi connectivity index (χ3n) is 2.32. The van der Waals surface area contributed by atoms with Crippen molar-refractivity contribution < 1.29 is 44.3 Å². The summed E-state index contributed by atoms with van der Waals surface area (Å²) in [6.45, 7) is 0. The predicted molar refractivity (Wildman–Crippen MR) is 61.0 cm³/mol. The van der Waals surface area contributed by atoms with Gasteiger partial charge in [0.2, 0.25) is 0 Å². The second-order valence-corrected chi connectivity index (χ2v) is 5.72. The van der Waals surface area contributed by atoms with Crippen LogP contribution in [0.2, 0.25) is 0 Å². The standard InChI is InChI=1S/C10H6F6N2O4S/c11-9(12,13)4-1-5(10(14,15)16)3-6(2-4)23(21,22)18-8(20)7(17)19/h1-3H,(H2,17,19)(H,18,20). The number of halogens is 6. The lowest BCUT2D eigenvalue weighted by Gasteiger charge is -2.14. The average molecular weight is 364 g/mol. The summed E-state index contributed by atoms with van der Waals surface area (Å²) in [5.74, 6) is -3.72. The maximum absolute atomic E-state index is 12.6. The first-order chi connectivity index (χ1) is 10.1. The Morgan fingerprint density at radius 2 is 1.30 bits per heavy atom. The molecule has 1 aromatic carbocycles. The smallest absolute Gasteiger partial charge is 0.361 e. The van der Waals surface area contributed by atoms with Crippen molar-refractivity contribution in [3.63, 3.8) is 0 Å². The first-order valence-electron chi connectivity index (χ1n) is 5.30. The van der Waals surface area contributed by atoms with Crippen LogP contribution >= 0.6 is 0 Å². The second-order valence-electron chi connectivity index (χ2n) is 4.04. The third kappa shape index (κ3) is 4.58. The van der Waals surface area contributed by atoms with Gasteiger partial charge in [-0.15, -0.1) is 0 Å². The number of nitrogens with two attached hydrogens (primary N) is 1. The van der Waals surface area contributed by atoms with Crippen molar-refractivity contribution in [1.82, 2.24) is 4.72 Å². The highest BCUT2D eigenvalue weighted by molar-refractivity contribution is 7.90. The van der Waals surface area contributed by atoms with E-state index < -0.39 is 50.2 Å². The van der Waals surface area contributed by atoms with E-state index in [4.69, 9.17) is 0 Å². The molecule has 0 aliphatic carbocycles. The molecule has 0 saturated heterocycles. The molecule has 1 aromatic rings. The van der Waals surface area contributed by atoms with E-state index >= 15 is 0 Å². The van der Waals surface area contributed by atoms with E-state index in [9.17, 15) is 44.3 Å². The zero-order valence-corrected chi connectivity index (χ0v) is 11.4. The van der Waals surface area contributed by atoms with Gasteiger partial charge in [0, 0.05) is 0 Å². The van der Waals surface area contributed by atoms with Crippen LogP contribution in [0, 0.1) is 0 Å². The van der Waals surface area contributed by atoms with Gasteiger partial charge in [-0.25, -0.2) is 13.1 Å². The first-order valence-corrected chi connectivity index (χ1v) is 6.79. The number of benzene rings is 1. The highest BCUT2D eigenvalue weighted by Crippen LogP contribution is 2.37. The zero-order valence-electron chi connectivity index (χ0n) is 10.6. The SMILES string of the molecule is NC(=O)C(=O)NS(=O)(=O)c1cc(C(F)(F)F)cc(C(F)(F)F)c1. The van der Waals surface area contributed by atoms with Gasteiger partial charge in [-0.05, 0) is 18.2 Å². The molecule has 0 unspecified atom stereocenters. The Kier molecular flexibility index (Phi) is 4.66. The quantitative estimate of drug-likeness (QED) is 0.603. The fourth-order valence-electron chi connectivity index (χ4n) is 1.31. The Morgan fingerprint density at radius 1 is 0.913 bits per heavy atom. The minimum Gasteiger partial charge on any atom is -0.361 e. The average Bonchev–Trinajstić information content (AvgIpc) is 2.35. The molecule has 6 nitrogen and oxygen atoms in total. The van der Waals surface area contributed by atoms with Crippen LogP contribution in [-0.2, 0) is 32.0 Å². The van der Waals surface area contributed by atoms with Crippen molar-refractivity contribution in [3.8, 4) is 0 Å². The topological polar surface area (TPSA) is 106 Å². The zero-order chi connectivity index (χ0) is 18.2. The van der Waals surface area contributed by atoms with E-state index in [1.54, 1.807) is 0 Å². The summed E-state index contributed by atoms with van der Waals surface area (Å²) in [4.78, 5) is 19.8. The van der Waals surface area contributed by atoms with Gasteiger partial charge in [-0.3, -0.25) is 9.59 Å². The molecule has 13 heteroatoms. The largest absolute Gasteiger partial charge is 0.416 e.